The third-order valence-corrected chi connectivity index (χ3v) is 3.86. The van der Waals surface area contributed by atoms with Crippen LogP contribution in [0.15, 0.2) is 30.3 Å². The lowest BCUT2D eigenvalue weighted by Crippen LogP contribution is -2.37. The van der Waals surface area contributed by atoms with E-state index in [1.165, 1.54) is 0 Å². The molecule has 0 fully saturated rings. The molecule has 0 saturated carbocycles. The molecule has 0 spiro atoms. The Morgan fingerprint density at radius 3 is 3.12 bits per heavy atom. The average molecular weight is 325 g/mol. The Kier molecular flexibility index (Phi) is 4.66. The Bertz CT molecular complexity index is 753. The summed E-state index contributed by atoms with van der Waals surface area (Å²) in [4.78, 5) is 12.0. The molecule has 0 aliphatic carbocycles. The van der Waals surface area contributed by atoms with Crippen molar-refractivity contribution in [1.29, 1.82) is 5.26 Å². The van der Waals surface area contributed by atoms with E-state index in [4.69, 9.17) is 10.00 Å². The minimum absolute atomic E-state index is 0.0527. The van der Waals surface area contributed by atoms with Gasteiger partial charge in [-0.2, -0.15) is 10.4 Å². The summed E-state index contributed by atoms with van der Waals surface area (Å²) in [7, 11) is 0. The van der Waals surface area contributed by atoms with Gasteiger partial charge in [-0.15, -0.1) is 0 Å². The van der Waals surface area contributed by atoms with E-state index in [0.29, 0.717) is 25.3 Å². The summed E-state index contributed by atoms with van der Waals surface area (Å²) in [6, 6.07) is 11.4. The first-order valence-electron chi connectivity index (χ1n) is 7.86. The van der Waals surface area contributed by atoms with E-state index in [1.54, 1.807) is 10.7 Å². The maximum absolute atomic E-state index is 12.0. The predicted molar refractivity (Wildman–Crippen MR) is 88.8 cm³/mol. The van der Waals surface area contributed by atoms with Crippen molar-refractivity contribution in [3.05, 3.63) is 41.6 Å². The van der Waals surface area contributed by atoms with Crippen molar-refractivity contribution in [3.63, 3.8) is 0 Å². The summed E-state index contributed by atoms with van der Waals surface area (Å²) in [5.41, 5.74) is 2.06. The van der Waals surface area contributed by atoms with Crippen LogP contribution in [0.4, 0.5) is 10.6 Å². The molecule has 0 saturated heterocycles. The molecule has 2 aromatic rings. The molecular formula is C17H19N5O2. The number of carbonyl (C=O) groups is 1. The fourth-order valence-electron chi connectivity index (χ4n) is 2.69. The zero-order valence-corrected chi connectivity index (χ0v) is 13.5. The number of hydrogen-bond donors (Lipinski definition) is 2. The van der Waals surface area contributed by atoms with E-state index in [9.17, 15) is 4.79 Å². The van der Waals surface area contributed by atoms with Gasteiger partial charge < -0.3 is 10.1 Å². The molecule has 24 heavy (non-hydrogen) atoms. The first-order chi connectivity index (χ1) is 11.7. The highest BCUT2D eigenvalue weighted by Crippen LogP contribution is 2.27. The van der Waals surface area contributed by atoms with Gasteiger partial charge in [0.1, 0.15) is 11.9 Å². The van der Waals surface area contributed by atoms with Crippen LogP contribution in [-0.4, -0.2) is 28.5 Å². The lowest BCUT2D eigenvalue weighted by molar-refractivity contribution is 0.219. The van der Waals surface area contributed by atoms with Gasteiger partial charge in [-0.05, 0) is 18.6 Å². The lowest BCUT2D eigenvalue weighted by Gasteiger charge is -2.12. The third-order valence-electron chi connectivity index (χ3n) is 3.86. The molecule has 1 aromatic carbocycles. The second-order valence-corrected chi connectivity index (χ2v) is 5.69. The Balaban J connectivity index is 1.48. The standard InChI is InChI=1S/C17H19N5O2/c1-12-9-16(21-22(12)8-4-7-18)20-17(23)19-11-14-10-13-5-2-3-6-15(13)24-14/h2-3,5-6,9,14H,4,8,10-11H2,1H3,(H2,19,20,21,23)/t14-/m1/s1. The molecular weight excluding hydrogens is 306 g/mol. The zero-order chi connectivity index (χ0) is 16.9. The summed E-state index contributed by atoms with van der Waals surface area (Å²) in [6.07, 6.45) is 1.12. The van der Waals surface area contributed by atoms with Gasteiger partial charge in [-0.3, -0.25) is 10.00 Å². The highest BCUT2D eigenvalue weighted by Gasteiger charge is 2.22. The van der Waals surface area contributed by atoms with Crippen molar-refractivity contribution < 1.29 is 9.53 Å². The second-order valence-electron chi connectivity index (χ2n) is 5.69. The van der Waals surface area contributed by atoms with Gasteiger partial charge >= 0.3 is 6.03 Å². The van der Waals surface area contributed by atoms with Crippen molar-refractivity contribution in [3.8, 4) is 11.8 Å². The lowest BCUT2D eigenvalue weighted by atomic mass is 10.1. The second kappa shape index (κ2) is 7.04. The number of carbonyl (C=O) groups excluding carboxylic acids is 1. The number of nitriles is 1. The minimum Gasteiger partial charge on any atom is -0.488 e. The van der Waals surface area contributed by atoms with Crippen LogP contribution in [0.3, 0.4) is 0 Å². The number of nitrogens with zero attached hydrogens (tertiary/aromatic N) is 3. The molecule has 7 nitrogen and oxygen atoms in total. The van der Waals surface area contributed by atoms with E-state index in [0.717, 1.165) is 23.4 Å². The summed E-state index contributed by atoms with van der Waals surface area (Å²) in [5, 5.41) is 18.4. The molecule has 3 rings (SSSR count). The van der Waals surface area contributed by atoms with Gasteiger partial charge in [0, 0.05) is 18.2 Å². The number of ether oxygens (including phenoxy) is 1. The van der Waals surface area contributed by atoms with Gasteiger partial charge in [0.25, 0.3) is 0 Å². The van der Waals surface area contributed by atoms with Gasteiger partial charge in [-0.1, -0.05) is 18.2 Å². The number of benzene rings is 1. The Morgan fingerprint density at radius 2 is 2.33 bits per heavy atom. The molecule has 0 radical (unpaired) electrons. The number of anilines is 1. The largest absolute Gasteiger partial charge is 0.488 e. The van der Waals surface area contributed by atoms with Crippen LogP contribution in [-0.2, 0) is 13.0 Å². The fraction of sp³-hybridized carbons (Fsp3) is 0.353. The normalized spacial score (nSPS) is 15.2. The smallest absolute Gasteiger partial charge is 0.320 e. The Hall–Kier alpha value is -3.01. The molecule has 1 aliphatic rings. The number of aryl methyl sites for hydroxylation is 2. The van der Waals surface area contributed by atoms with Crippen LogP contribution in [0.5, 0.6) is 5.75 Å². The Morgan fingerprint density at radius 1 is 1.50 bits per heavy atom. The predicted octanol–water partition coefficient (Wildman–Crippen LogP) is 2.23. The first-order valence-corrected chi connectivity index (χ1v) is 7.86. The Labute approximate surface area is 140 Å². The molecule has 0 bridgehead atoms. The molecule has 1 aliphatic heterocycles. The van der Waals surface area contributed by atoms with Crippen LogP contribution in [0, 0.1) is 18.3 Å². The summed E-state index contributed by atoms with van der Waals surface area (Å²) < 4.78 is 7.49. The van der Waals surface area contributed by atoms with Gasteiger partial charge in [0.2, 0.25) is 0 Å². The summed E-state index contributed by atoms with van der Waals surface area (Å²) in [5.74, 6) is 1.36. The number of amides is 2. The van der Waals surface area contributed by atoms with E-state index in [-0.39, 0.29) is 12.1 Å². The number of hydrogen-bond acceptors (Lipinski definition) is 4. The van der Waals surface area contributed by atoms with E-state index < -0.39 is 0 Å². The van der Waals surface area contributed by atoms with Crippen molar-refractivity contribution in [2.24, 2.45) is 0 Å². The molecule has 2 amide bonds. The summed E-state index contributed by atoms with van der Waals surface area (Å²) in [6.45, 7) is 2.82. The first kappa shape index (κ1) is 15.9. The van der Waals surface area contributed by atoms with Gasteiger partial charge in [0.05, 0.1) is 25.6 Å². The van der Waals surface area contributed by atoms with E-state index in [1.807, 2.05) is 31.2 Å². The number of nitrogens with one attached hydrogen (secondary N) is 2. The van der Waals surface area contributed by atoms with Gasteiger partial charge in [0.15, 0.2) is 5.82 Å². The molecule has 2 heterocycles. The molecule has 0 unspecified atom stereocenters. The van der Waals surface area contributed by atoms with Crippen molar-refractivity contribution in [2.75, 3.05) is 11.9 Å². The third kappa shape index (κ3) is 3.66. The molecule has 1 atom stereocenters. The van der Waals surface area contributed by atoms with Crippen molar-refractivity contribution in [2.45, 2.75) is 32.4 Å². The topological polar surface area (TPSA) is 92.0 Å². The SMILES string of the molecule is Cc1cc(NC(=O)NC[C@H]2Cc3ccccc3O2)nn1CCC#N. The monoisotopic (exact) mass is 325 g/mol. The molecule has 2 N–H and O–H groups in total. The number of para-hydroxylation sites is 1. The maximum atomic E-state index is 12.0. The van der Waals surface area contributed by atoms with E-state index >= 15 is 0 Å². The minimum atomic E-state index is -0.320. The number of rotatable bonds is 5. The number of aromatic nitrogens is 2. The number of urea groups is 1. The average Bonchev–Trinajstić information content (AvgIpc) is 3.13. The molecule has 124 valence electrons. The van der Waals surface area contributed by atoms with Crippen LogP contribution < -0.4 is 15.4 Å². The quantitative estimate of drug-likeness (QED) is 0.882. The van der Waals surface area contributed by atoms with Crippen LogP contribution in [0.1, 0.15) is 17.7 Å². The van der Waals surface area contributed by atoms with Gasteiger partial charge in [-0.25, -0.2) is 4.79 Å². The zero-order valence-electron chi connectivity index (χ0n) is 13.5. The van der Waals surface area contributed by atoms with Crippen LogP contribution >= 0.6 is 0 Å². The van der Waals surface area contributed by atoms with E-state index in [2.05, 4.69) is 21.8 Å². The van der Waals surface area contributed by atoms with Crippen molar-refractivity contribution in [1.82, 2.24) is 15.1 Å². The van der Waals surface area contributed by atoms with Crippen molar-refractivity contribution >= 4 is 11.8 Å². The maximum Gasteiger partial charge on any atom is 0.320 e. The van der Waals surface area contributed by atoms with Crippen LogP contribution in [0.2, 0.25) is 0 Å². The highest BCUT2D eigenvalue weighted by molar-refractivity contribution is 5.88. The number of fused-ring (bicyclic) bond motifs is 1. The highest BCUT2D eigenvalue weighted by atomic mass is 16.5. The molecule has 7 heteroatoms. The fourth-order valence-corrected chi connectivity index (χ4v) is 2.69. The molecule has 1 aromatic heterocycles. The van der Waals surface area contributed by atoms with Crippen LogP contribution in [0.25, 0.3) is 0 Å². The summed E-state index contributed by atoms with van der Waals surface area (Å²) >= 11 is 0.